The van der Waals surface area contributed by atoms with Gasteiger partial charge in [0.1, 0.15) is 10.9 Å². The average Bonchev–Trinajstić information content (AvgIpc) is 3.03. The Morgan fingerprint density at radius 2 is 2.15 bits per heavy atom. The number of amides is 2. The average molecular weight is 431 g/mol. The van der Waals surface area contributed by atoms with E-state index in [0.717, 1.165) is 11.8 Å². The van der Waals surface area contributed by atoms with Gasteiger partial charge in [0, 0.05) is 11.1 Å². The zero-order valence-corrected chi connectivity index (χ0v) is 16.7. The van der Waals surface area contributed by atoms with E-state index in [1.807, 2.05) is 6.07 Å². The molecule has 0 radical (unpaired) electrons. The van der Waals surface area contributed by atoms with Crippen LogP contribution in [-0.2, 0) is 19.4 Å². The van der Waals surface area contributed by atoms with Gasteiger partial charge in [0.15, 0.2) is 9.84 Å². The summed E-state index contributed by atoms with van der Waals surface area (Å²) in [5, 5.41) is 3.17. The van der Waals surface area contributed by atoms with Gasteiger partial charge in [-0.05, 0) is 24.1 Å². The van der Waals surface area contributed by atoms with Crippen molar-refractivity contribution in [1.82, 2.24) is 10.2 Å². The Morgan fingerprint density at radius 3 is 2.81 bits per heavy atom. The fourth-order valence-corrected chi connectivity index (χ4v) is 5.81. The molecule has 2 amide bonds. The lowest BCUT2D eigenvalue weighted by molar-refractivity contribution is -0.129. The maximum atomic E-state index is 12.5. The van der Waals surface area contributed by atoms with Crippen LogP contribution in [0.3, 0.4) is 0 Å². The van der Waals surface area contributed by atoms with E-state index in [9.17, 15) is 18.0 Å². The lowest BCUT2D eigenvalue weighted by Crippen LogP contribution is -2.43. The molecule has 2 fully saturated rings. The van der Waals surface area contributed by atoms with Crippen LogP contribution in [-0.4, -0.2) is 53.5 Å². The van der Waals surface area contributed by atoms with Crippen LogP contribution in [0.2, 0.25) is 5.02 Å². The van der Waals surface area contributed by atoms with E-state index in [1.54, 1.807) is 24.3 Å². The third-order valence-electron chi connectivity index (χ3n) is 3.96. The van der Waals surface area contributed by atoms with Crippen LogP contribution in [0.5, 0.6) is 0 Å². The molecule has 6 nitrogen and oxygen atoms in total. The number of halogens is 1. The molecule has 3 rings (SSSR count). The molecular formula is C16H15ClN2O4S3. The molecule has 2 heterocycles. The first kappa shape index (κ1) is 19.3. The van der Waals surface area contributed by atoms with Crippen molar-refractivity contribution >= 4 is 67.6 Å². The summed E-state index contributed by atoms with van der Waals surface area (Å²) in [7, 11) is -3.08. The number of thiocarbonyl (C=S) groups is 1. The van der Waals surface area contributed by atoms with Crippen molar-refractivity contribution in [2.75, 3.05) is 18.1 Å². The molecule has 0 spiro atoms. The standard InChI is InChI=1S/C16H15ClN2O4S3/c17-12-4-2-1-3-10(12)7-13-15(21)19(16(24)25-13)8-14(20)18-11-5-6-26(22,23)9-11/h1-4,7,11H,5-6,8-9H2,(H,18,20)/b13-7-/t11-/m1/s1. The van der Waals surface area contributed by atoms with Crippen LogP contribution in [0.15, 0.2) is 29.2 Å². The highest BCUT2D eigenvalue weighted by atomic mass is 35.5. The summed E-state index contributed by atoms with van der Waals surface area (Å²) in [6.07, 6.45) is 2.03. The van der Waals surface area contributed by atoms with E-state index in [0.29, 0.717) is 21.9 Å². The molecule has 26 heavy (non-hydrogen) atoms. The smallest absolute Gasteiger partial charge is 0.266 e. The maximum absolute atomic E-state index is 12.5. The van der Waals surface area contributed by atoms with Crippen molar-refractivity contribution in [2.24, 2.45) is 0 Å². The second-order valence-corrected chi connectivity index (χ2v) is 10.3. The van der Waals surface area contributed by atoms with Gasteiger partial charge >= 0.3 is 0 Å². The molecule has 2 aliphatic rings. The van der Waals surface area contributed by atoms with Crippen molar-refractivity contribution in [1.29, 1.82) is 0 Å². The van der Waals surface area contributed by atoms with Gasteiger partial charge < -0.3 is 5.32 Å². The van der Waals surface area contributed by atoms with Crippen LogP contribution in [0.4, 0.5) is 0 Å². The summed E-state index contributed by atoms with van der Waals surface area (Å²) >= 11 is 12.4. The molecule has 0 aromatic heterocycles. The molecule has 2 aliphatic heterocycles. The molecule has 1 atom stereocenters. The van der Waals surface area contributed by atoms with Gasteiger partial charge in [-0.15, -0.1) is 0 Å². The van der Waals surface area contributed by atoms with Crippen LogP contribution < -0.4 is 5.32 Å². The second kappa shape index (κ2) is 7.67. The third kappa shape index (κ3) is 4.46. The Kier molecular flexibility index (Phi) is 5.71. The monoisotopic (exact) mass is 430 g/mol. The summed E-state index contributed by atoms with van der Waals surface area (Å²) in [6.45, 7) is -0.235. The summed E-state index contributed by atoms with van der Waals surface area (Å²) in [6, 6.07) is 6.68. The number of thioether (sulfide) groups is 1. The molecule has 0 bridgehead atoms. The Balaban J connectivity index is 1.66. The number of carbonyl (C=O) groups is 2. The molecular weight excluding hydrogens is 416 g/mol. The van der Waals surface area contributed by atoms with E-state index < -0.39 is 21.8 Å². The molecule has 0 saturated carbocycles. The van der Waals surface area contributed by atoms with E-state index in [1.165, 1.54) is 4.90 Å². The molecule has 1 aromatic rings. The quantitative estimate of drug-likeness (QED) is 0.579. The minimum Gasteiger partial charge on any atom is -0.351 e. The second-order valence-electron chi connectivity index (χ2n) is 5.96. The Bertz CT molecular complexity index is 914. The number of hydrogen-bond acceptors (Lipinski definition) is 6. The molecule has 138 valence electrons. The molecule has 0 unspecified atom stereocenters. The number of benzene rings is 1. The number of nitrogens with one attached hydrogen (secondary N) is 1. The highest BCUT2D eigenvalue weighted by molar-refractivity contribution is 8.26. The zero-order chi connectivity index (χ0) is 18.9. The first-order valence-electron chi connectivity index (χ1n) is 7.75. The number of rotatable bonds is 4. The van der Waals surface area contributed by atoms with E-state index in [4.69, 9.17) is 23.8 Å². The summed E-state index contributed by atoms with van der Waals surface area (Å²) < 4.78 is 23.2. The van der Waals surface area contributed by atoms with Crippen LogP contribution >= 0.6 is 35.6 Å². The Labute approximate surface area is 165 Å². The van der Waals surface area contributed by atoms with E-state index in [2.05, 4.69) is 5.32 Å². The summed E-state index contributed by atoms with van der Waals surface area (Å²) in [5.41, 5.74) is 0.690. The number of hydrogen-bond donors (Lipinski definition) is 1. The first-order chi connectivity index (χ1) is 12.2. The van der Waals surface area contributed by atoms with Crippen LogP contribution in [0.1, 0.15) is 12.0 Å². The van der Waals surface area contributed by atoms with Gasteiger partial charge in [0.2, 0.25) is 5.91 Å². The fourth-order valence-electron chi connectivity index (χ4n) is 2.70. The van der Waals surface area contributed by atoms with Gasteiger partial charge in [-0.2, -0.15) is 0 Å². The molecule has 0 aliphatic carbocycles. The van der Waals surface area contributed by atoms with Crippen molar-refractivity contribution in [3.63, 3.8) is 0 Å². The SMILES string of the molecule is O=C(CN1C(=O)/C(=C/c2ccccc2Cl)SC1=S)N[C@@H]1CCS(=O)(=O)C1. The highest BCUT2D eigenvalue weighted by Gasteiger charge is 2.35. The van der Waals surface area contributed by atoms with E-state index >= 15 is 0 Å². The Hall–Kier alpha value is -1.42. The minimum absolute atomic E-state index is 0.0659. The zero-order valence-electron chi connectivity index (χ0n) is 13.5. The fraction of sp³-hybridized carbons (Fsp3) is 0.312. The van der Waals surface area contributed by atoms with Gasteiger partial charge in [-0.1, -0.05) is 53.8 Å². The molecule has 10 heteroatoms. The maximum Gasteiger partial charge on any atom is 0.266 e. The molecule has 1 aromatic carbocycles. The predicted molar refractivity (Wildman–Crippen MR) is 107 cm³/mol. The van der Waals surface area contributed by atoms with Gasteiger partial charge in [-0.3, -0.25) is 14.5 Å². The summed E-state index contributed by atoms with van der Waals surface area (Å²) in [5.74, 6) is -0.792. The number of nitrogens with zero attached hydrogens (tertiary/aromatic N) is 1. The Morgan fingerprint density at radius 1 is 1.42 bits per heavy atom. The van der Waals surface area contributed by atoms with Crippen LogP contribution in [0.25, 0.3) is 6.08 Å². The summed E-state index contributed by atoms with van der Waals surface area (Å²) in [4.78, 5) is 26.3. The largest absolute Gasteiger partial charge is 0.351 e. The number of sulfone groups is 1. The van der Waals surface area contributed by atoms with Gasteiger partial charge in [-0.25, -0.2) is 8.42 Å². The lowest BCUT2D eigenvalue weighted by atomic mass is 10.2. The normalized spacial score (nSPS) is 23.7. The topological polar surface area (TPSA) is 83.6 Å². The third-order valence-corrected chi connectivity index (χ3v) is 7.45. The predicted octanol–water partition coefficient (Wildman–Crippen LogP) is 1.84. The van der Waals surface area contributed by atoms with Crippen LogP contribution in [0, 0.1) is 0 Å². The van der Waals surface area contributed by atoms with Crippen molar-refractivity contribution in [2.45, 2.75) is 12.5 Å². The van der Waals surface area contributed by atoms with Gasteiger partial charge in [0.25, 0.3) is 5.91 Å². The van der Waals surface area contributed by atoms with Gasteiger partial charge in [0.05, 0.1) is 16.4 Å². The molecule has 2 saturated heterocycles. The number of carbonyl (C=O) groups excluding carboxylic acids is 2. The minimum atomic E-state index is -3.08. The lowest BCUT2D eigenvalue weighted by Gasteiger charge is -2.16. The highest BCUT2D eigenvalue weighted by Crippen LogP contribution is 2.33. The molecule has 1 N–H and O–H groups in total. The van der Waals surface area contributed by atoms with Crippen molar-refractivity contribution in [3.05, 3.63) is 39.8 Å². The van der Waals surface area contributed by atoms with E-state index in [-0.39, 0.29) is 28.3 Å². The van der Waals surface area contributed by atoms with Crippen molar-refractivity contribution in [3.8, 4) is 0 Å². The van der Waals surface area contributed by atoms with Crippen molar-refractivity contribution < 1.29 is 18.0 Å². The first-order valence-corrected chi connectivity index (χ1v) is 11.2.